The number of para-hydroxylation sites is 1. The maximum atomic E-state index is 11.1. The average Bonchev–Trinajstić information content (AvgIpc) is 2.47. The van der Waals surface area contributed by atoms with E-state index in [9.17, 15) is 4.79 Å². The van der Waals surface area contributed by atoms with Crippen LogP contribution in [0.2, 0.25) is 0 Å². The summed E-state index contributed by atoms with van der Waals surface area (Å²) in [6.07, 6.45) is 1.96. The predicted octanol–water partition coefficient (Wildman–Crippen LogP) is 2.34. The van der Waals surface area contributed by atoms with Crippen LogP contribution in [0.1, 0.15) is 19.8 Å². The second-order valence-corrected chi connectivity index (χ2v) is 5.32. The van der Waals surface area contributed by atoms with Crippen LogP contribution in [0.4, 0.5) is 5.82 Å². The Balaban J connectivity index is 1.71. The number of amides is 1. The normalized spacial score (nSPS) is 16.4. The first kappa shape index (κ1) is 12.9. The minimum absolute atomic E-state index is 0.0623. The third-order valence-electron chi connectivity index (χ3n) is 3.81. The Labute approximate surface area is 118 Å². The van der Waals surface area contributed by atoms with E-state index < -0.39 is 0 Å². The zero-order valence-electron chi connectivity index (χ0n) is 11.7. The molecule has 0 spiro atoms. The minimum Gasteiger partial charge on any atom is -0.356 e. The third-order valence-corrected chi connectivity index (χ3v) is 3.81. The molecule has 4 heteroatoms. The lowest BCUT2D eigenvalue weighted by atomic mass is 10.0. The van der Waals surface area contributed by atoms with Crippen molar-refractivity contribution in [2.45, 2.75) is 25.8 Å². The van der Waals surface area contributed by atoms with Crippen molar-refractivity contribution in [2.75, 3.05) is 18.0 Å². The first-order valence-corrected chi connectivity index (χ1v) is 7.10. The second-order valence-electron chi connectivity index (χ2n) is 5.32. The van der Waals surface area contributed by atoms with Gasteiger partial charge in [-0.1, -0.05) is 18.2 Å². The number of pyridine rings is 1. The summed E-state index contributed by atoms with van der Waals surface area (Å²) in [5.74, 6) is 1.09. The highest BCUT2D eigenvalue weighted by atomic mass is 16.1. The molecule has 2 aromatic rings. The molecule has 20 heavy (non-hydrogen) atoms. The molecule has 1 N–H and O–H groups in total. The molecule has 1 aromatic heterocycles. The molecule has 1 aliphatic rings. The van der Waals surface area contributed by atoms with Gasteiger partial charge in [-0.2, -0.15) is 0 Å². The lowest BCUT2D eigenvalue weighted by Gasteiger charge is -2.33. The largest absolute Gasteiger partial charge is 0.356 e. The standard InChI is InChI=1S/C16H19N3O/c1-12(20)17-14-8-10-19(11-9-14)16-7-6-13-4-2-3-5-15(13)18-16/h2-7,14H,8-11H2,1H3,(H,17,20). The number of benzene rings is 1. The van der Waals surface area contributed by atoms with Crippen LogP contribution in [-0.4, -0.2) is 30.0 Å². The van der Waals surface area contributed by atoms with Crippen molar-refractivity contribution in [1.82, 2.24) is 10.3 Å². The lowest BCUT2D eigenvalue weighted by molar-refractivity contribution is -0.119. The molecule has 0 radical (unpaired) electrons. The third kappa shape index (κ3) is 2.74. The van der Waals surface area contributed by atoms with Crippen LogP contribution in [0.3, 0.4) is 0 Å². The van der Waals surface area contributed by atoms with Crippen molar-refractivity contribution >= 4 is 22.6 Å². The average molecular weight is 269 g/mol. The molecule has 0 saturated carbocycles. The predicted molar refractivity (Wildman–Crippen MR) is 80.8 cm³/mol. The molecule has 3 rings (SSSR count). The lowest BCUT2D eigenvalue weighted by Crippen LogP contribution is -2.44. The fourth-order valence-corrected chi connectivity index (χ4v) is 2.77. The first-order valence-electron chi connectivity index (χ1n) is 7.10. The van der Waals surface area contributed by atoms with Gasteiger partial charge in [-0.3, -0.25) is 4.79 Å². The van der Waals surface area contributed by atoms with Crippen molar-refractivity contribution in [1.29, 1.82) is 0 Å². The SMILES string of the molecule is CC(=O)NC1CCN(c2ccc3ccccc3n2)CC1. The molecule has 2 heterocycles. The van der Waals surface area contributed by atoms with E-state index in [-0.39, 0.29) is 5.91 Å². The van der Waals surface area contributed by atoms with Gasteiger partial charge >= 0.3 is 0 Å². The molecule has 4 nitrogen and oxygen atoms in total. The summed E-state index contributed by atoms with van der Waals surface area (Å²) in [6, 6.07) is 12.7. The Kier molecular flexibility index (Phi) is 3.54. The number of rotatable bonds is 2. The zero-order valence-corrected chi connectivity index (χ0v) is 11.7. The maximum Gasteiger partial charge on any atom is 0.217 e. The van der Waals surface area contributed by atoms with Crippen LogP contribution in [0, 0.1) is 0 Å². The maximum absolute atomic E-state index is 11.1. The summed E-state index contributed by atoms with van der Waals surface area (Å²) < 4.78 is 0. The molecule has 1 aliphatic heterocycles. The summed E-state index contributed by atoms with van der Waals surface area (Å²) in [5, 5.41) is 4.17. The molecule has 0 bridgehead atoms. The monoisotopic (exact) mass is 269 g/mol. The number of carbonyl (C=O) groups excluding carboxylic acids is 1. The van der Waals surface area contributed by atoms with Crippen molar-refractivity contribution in [3.8, 4) is 0 Å². The van der Waals surface area contributed by atoms with Gasteiger partial charge in [-0.15, -0.1) is 0 Å². The Morgan fingerprint density at radius 2 is 1.95 bits per heavy atom. The molecule has 0 unspecified atom stereocenters. The fourth-order valence-electron chi connectivity index (χ4n) is 2.77. The topological polar surface area (TPSA) is 45.2 Å². The molecule has 1 aromatic carbocycles. The van der Waals surface area contributed by atoms with Crippen LogP contribution >= 0.6 is 0 Å². The van der Waals surface area contributed by atoms with Gasteiger partial charge in [0.15, 0.2) is 0 Å². The Bertz CT molecular complexity index is 618. The summed E-state index contributed by atoms with van der Waals surface area (Å²) in [6.45, 7) is 3.46. The van der Waals surface area contributed by atoms with Crippen LogP contribution in [0.15, 0.2) is 36.4 Å². The smallest absolute Gasteiger partial charge is 0.217 e. The summed E-state index contributed by atoms with van der Waals surface area (Å²) >= 11 is 0. The quantitative estimate of drug-likeness (QED) is 0.910. The second kappa shape index (κ2) is 5.49. The number of nitrogens with one attached hydrogen (secondary N) is 1. The van der Waals surface area contributed by atoms with E-state index in [2.05, 4.69) is 28.4 Å². The van der Waals surface area contributed by atoms with Gasteiger partial charge in [0.25, 0.3) is 0 Å². The van der Waals surface area contributed by atoms with Gasteiger partial charge in [0.2, 0.25) is 5.91 Å². The van der Waals surface area contributed by atoms with E-state index in [1.54, 1.807) is 6.92 Å². The molecule has 0 atom stereocenters. The fraction of sp³-hybridized carbons (Fsp3) is 0.375. The van der Waals surface area contributed by atoms with Gasteiger partial charge in [-0.25, -0.2) is 4.98 Å². The number of aromatic nitrogens is 1. The van der Waals surface area contributed by atoms with E-state index in [0.717, 1.165) is 37.3 Å². The van der Waals surface area contributed by atoms with E-state index in [1.165, 1.54) is 5.39 Å². The molecular formula is C16H19N3O. The van der Waals surface area contributed by atoms with Gasteiger partial charge in [0.1, 0.15) is 5.82 Å². The van der Waals surface area contributed by atoms with Crippen LogP contribution in [0.5, 0.6) is 0 Å². The van der Waals surface area contributed by atoms with Gasteiger partial charge < -0.3 is 10.2 Å². The van der Waals surface area contributed by atoms with Gasteiger partial charge in [-0.05, 0) is 31.0 Å². The number of anilines is 1. The van der Waals surface area contributed by atoms with Crippen LogP contribution in [0.25, 0.3) is 10.9 Å². The summed E-state index contributed by atoms with van der Waals surface area (Å²) in [5.41, 5.74) is 1.04. The Hall–Kier alpha value is -2.10. The first-order chi connectivity index (χ1) is 9.72. The number of carbonyl (C=O) groups is 1. The number of fused-ring (bicyclic) bond motifs is 1. The zero-order chi connectivity index (χ0) is 13.9. The highest BCUT2D eigenvalue weighted by molar-refractivity contribution is 5.80. The van der Waals surface area contributed by atoms with Crippen molar-refractivity contribution in [3.63, 3.8) is 0 Å². The van der Waals surface area contributed by atoms with Crippen molar-refractivity contribution < 1.29 is 4.79 Å². The molecule has 104 valence electrons. The minimum atomic E-state index is 0.0623. The summed E-state index contributed by atoms with van der Waals surface area (Å²) in [4.78, 5) is 18.1. The van der Waals surface area contributed by atoms with Crippen LogP contribution < -0.4 is 10.2 Å². The highest BCUT2D eigenvalue weighted by Gasteiger charge is 2.20. The molecule has 1 amide bonds. The van der Waals surface area contributed by atoms with Gasteiger partial charge in [0, 0.05) is 31.4 Å². The van der Waals surface area contributed by atoms with E-state index >= 15 is 0 Å². The molecule has 1 fully saturated rings. The Morgan fingerprint density at radius 3 is 2.70 bits per heavy atom. The van der Waals surface area contributed by atoms with Crippen molar-refractivity contribution in [2.24, 2.45) is 0 Å². The Morgan fingerprint density at radius 1 is 1.20 bits per heavy atom. The molecule has 0 aliphatic carbocycles. The summed E-state index contributed by atoms with van der Waals surface area (Å²) in [7, 11) is 0. The van der Waals surface area contributed by atoms with Crippen LogP contribution in [-0.2, 0) is 4.79 Å². The van der Waals surface area contributed by atoms with E-state index in [1.807, 2.05) is 18.2 Å². The molecular weight excluding hydrogens is 250 g/mol. The highest BCUT2D eigenvalue weighted by Crippen LogP contribution is 2.21. The van der Waals surface area contributed by atoms with Crippen molar-refractivity contribution in [3.05, 3.63) is 36.4 Å². The number of hydrogen-bond acceptors (Lipinski definition) is 3. The number of nitrogens with zero attached hydrogens (tertiary/aromatic N) is 2. The molecule has 1 saturated heterocycles. The number of hydrogen-bond donors (Lipinski definition) is 1. The van der Waals surface area contributed by atoms with Gasteiger partial charge in [0.05, 0.1) is 5.52 Å². The van der Waals surface area contributed by atoms with E-state index in [4.69, 9.17) is 4.98 Å². The number of piperidine rings is 1. The van der Waals surface area contributed by atoms with E-state index in [0.29, 0.717) is 6.04 Å².